The summed E-state index contributed by atoms with van der Waals surface area (Å²) >= 11 is 6.38. The van der Waals surface area contributed by atoms with E-state index in [0.717, 1.165) is 24.9 Å². The molecule has 1 aliphatic rings. The van der Waals surface area contributed by atoms with Crippen LogP contribution >= 0.6 is 11.6 Å². The molecule has 0 bridgehead atoms. The fraction of sp³-hybridized carbons (Fsp3) is 0.227. The van der Waals surface area contributed by atoms with Crippen LogP contribution < -0.4 is 17.2 Å². The topological polar surface area (TPSA) is 139 Å². The van der Waals surface area contributed by atoms with Gasteiger partial charge in [-0.25, -0.2) is 4.79 Å². The summed E-state index contributed by atoms with van der Waals surface area (Å²) in [5.41, 5.74) is 20.6. The number of para-hydroxylation sites is 1. The van der Waals surface area contributed by atoms with Crippen molar-refractivity contribution in [1.29, 1.82) is 0 Å². The molecule has 7 nitrogen and oxygen atoms in total. The number of carbonyl (C=O) groups is 1. The van der Waals surface area contributed by atoms with Gasteiger partial charge in [0.2, 0.25) is 0 Å². The molecule has 30 heavy (non-hydrogen) atoms. The van der Waals surface area contributed by atoms with Gasteiger partial charge < -0.3 is 32.3 Å². The number of hydrogen-bond donors (Lipinski definition) is 5. The van der Waals surface area contributed by atoms with E-state index in [2.05, 4.69) is 0 Å². The Kier molecular flexibility index (Phi) is 6.42. The first-order chi connectivity index (χ1) is 14.3. The number of halogens is 1. The third-order valence-electron chi connectivity index (χ3n) is 5.25. The maximum atomic E-state index is 11.2. The van der Waals surface area contributed by atoms with Crippen LogP contribution in [0.4, 0.5) is 0 Å². The van der Waals surface area contributed by atoms with Gasteiger partial charge in [0.05, 0.1) is 11.3 Å². The second-order valence-electron chi connectivity index (χ2n) is 7.28. The highest BCUT2D eigenvalue weighted by molar-refractivity contribution is 6.31. The number of carboxylic acids is 1. The van der Waals surface area contributed by atoms with E-state index in [1.165, 1.54) is 6.07 Å². The molecule has 0 radical (unpaired) electrons. The predicted octanol–water partition coefficient (Wildman–Crippen LogP) is 3.01. The molecule has 1 fully saturated rings. The molecular formula is C22H25ClN4O3. The largest absolute Gasteiger partial charge is 0.507 e. The number of phenols is 1. The van der Waals surface area contributed by atoms with Gasteiger partial charge in [-0.1, -0.05) is 29.8 Å². The predicted molar refractivity (Wildman–Crippen MR) is 118 cm³/mol. The quantitative estimate of drug-likeness (QED) is 0.461. The second kappa shape index (κ2) is 9.00. The van der Waals surface area contributed by atoms with Crippen molar-refractivity contribution < 1.29 is 15.0 Å². The van der Waals surface area contributed by atoms with Crippen molar-refractivity contribution in [1.82, 2.24) is 4.90 Å². The van der Waals surface area contributed by atoms with Crippen molar-refractivity contribution in [3.63, 3.8) is 0 Å². The Balaban J connectivity index is 1.87. The number of nitrogens with zero attached hydrogens (tertiary/aromatic N) is 1. The third-order valence-corrected chi connectivity index (χ3v) is 5.58. The first kappa shape index (κ1) is 21.4. The van der Waals surface area contributed by atoms with Gasteiger partial charge in [-0.3, -0.25) is 0 Å². The van der Waals surface area contributed by atoms with Gasteiger partial charge in [0, 0.05) is 35.3 Å². The summed E-state index contributed by atoms with van der Waals surface area (Å²) in [6.45, 7) is 1.34. The molecule has 158 valence electrons. The number of hydrogen-bond acceptors (Lipinski definition) is 6. The number of aromatic carboxylic acids is 1. The molecule has 0 aromatic heterocycles. The number of aromatic hydroxyl groups is 1. The van der Waals surface area contributed by atoms with E-state index in [1.807, 2.05) is 4.90 Å². The lowest BCUT2D eigenvalue weighted by molar-refractivity contribution is 0.0697. The minimum Gasteiger partial charge on any atom is -0.507 e. The summed E-state index contributed by atoms with van der Waals surface area (Å²) in [6, 6.07) is 11.6. The Hall–Kier alpha value is -3.32. The van der Waals surface area contributed by atoms with Crippen LogP contribution in [0.3, 0.4) is 0 Å². The van der Waals surface area contributed by atoms with Gasteiger partial charge in [-0.15, -0.1) is 0 Å². The van der Waals surface area contributed by atoms with Crippen molar-refractivity contribution in [2.45, 2.75) is 18.8 Å². The maximum Gasteiger partial charge on any atom is 0.335 e. The van der Waals surface area contributed by atoms with Crippen LogP contribution in [-0.4, -0.2) is 34.2 Å². The lowest BCUT2D eigenvalue weighted by Crippen LogP contribution is -2.36. The van der Waals surface area contributed by atoms with Crippen LogP contribution in [-0.2, 0) is 0 Å². The molecule has 1 atom stereocenters. The normalized spacial score (nSPS) is 16.9. The molecular weight excluding hydrogens is 404 g/mol. The Morgan fingerprint density at radius 1 is 1.17 bits per heavy atom. The molecule has 1 unspecified atom stereocenters. The van der Waals surface area contributed by atoms with Gasteiger partial charge in [-0.2, -0.15) is 0 Å². The minimum absolute atomic E-state index is 0.0722. The Morgan fingerprint density at radius 3 is 2.53 bits per heavy atom. The van der Waals surface area contributed by atoms with E-state index in [-0.39, 0.29) is 23.1 Å². The average Bonchev–Trinajstić information content (AvgIpc) is 2.71. The summed E-state index contributed by atoms with van der Waals surface area (Å²) in [7, 11) is 0. The highest BCUT2D eigenvalue weighted by atomic mass is 35.5. The number of rotatable bonds is 5. The summed E-state index contributed by atoms with van der Waals surface area (Å²) in [6.07, 6.45) is 3.45. The highest BCUT2D eigenvalue weighted by Gasteiger charge is 2.25. The van der Waals surface area contributed by atoms with Gasteiger partial charge >= 0.3 is 5.97 Å². The van der Waals surface area contributed by atoms with E-state index in [0.29, 0.717) is 28.5 Å². The number of benzene rings is 2. The summed E-state index contributed by atoms with van der Waals surface area (Å²) < 4.78 is 0. The number of piperidine rings is 1. The van der Waals surface area contributed by atoms with Crippen LogP contribution in [0.15, 0.2) is 60.1 Å². The van der Waals surface area contributed by atoms with Crippen molar-refractivity contribution in [2.24, 2.45) is 17.2 Å². The first-order valence-corrected chi connectivity index (χ1v) is 9.94. The molecule has 0 amide bonds. The molecule has 8 heteroatoms. The number of nitrogens with two attached hydrogens (primary N) is 3. The van der Waals surface area contributed by atoms with Crippen molar-refractivity contribution in [3.8, 4) is 5.75 Å². The van der Waals surface area contributed by atoms with Crippen LogP contribution in [0, 0.1) is 0 Å². The third kappa shape index (κ3) is 4.63. The fourth-order valence-electron chi connectivity index (χ4n) is 3.74. The zero-order chi connectivity index (χ0) is 21.8. The zero-order valence-electron chi connectivity index (χ0n) is 16.4. The van der Waals surface area contributed by atoms with Crippen LogP contribution in [0.5, 0.6) is 5.75 Å². The average molecular weight is 429 g/mol. The van der Waals surface area contributed by atoms with Gasteiger partial charge in [0.25, 0.3) is 0 Å². The van der Waals surface area contributed by atoms with Crippen LogP contribution in [0.2, 0.25) is 5.02 Å². The summed E-state index contributed by atoms with van der Waals surface area (Å²) in [5, 5.41) is 19.6. The Bertz CT molecular complexity index is 1020. The van der Waals surface area contributed by atoms with Gasteiger partial charge in [0.15, 0.2) is 0 Å². The monoisotopic (exact) mass is 428 g/mol. The number of carboxylic acid groups (broad SMARTS) is 1. The van der Waals surface area contributed by atoms with Gasteiger partial charge in [-0.05, 0) is 48.7 Å². The van der Waals surface area contributed by atoms with Crippen molar-refractivity contribution >= 4 is 23.3 Å². The molecule has 0 spiro atoms. The van der Waals surface area contributed by atoms with E-state index < -0.39 is 5.97 Å². The highest BCUT2D eigenvalue weighted by Crippen LogP contribution is 2.34. The van der Waals surface area contributed by atoms with Crippen molar-refractivity contribution in [3.05, 3.63) is 81.8 Å². The Labute approximate surface area is 180 Å². The smallest absolute Gasteiger partial charge is 0.335 e. The van der Waals surface area contributed by atoms with Crippen LogP contribution in [0.1, 0.15) is 40.2 Å². The molecule has 2 aromatic carbocycles. The summed E-state index contributed by atoms with van der Waals surface area (Å²) in [4.78, 5) is 13.2. The molecule has 0 saturated carbocycles. The van der Waals surface area contributed by atoms with E-state index >= 15 is 0 Å². The Morgan fingerprint density at radius 2 is 1.90 bits per heavy atom. The van der Waals surface area contributed by atoms with E-state index in [4.69, 9.17) is 33.9 Å². The number of likely N-dealkylation sites (tertiary alicyclic amines) is 1. The van der Waals surface area contributed by atoms with Crippen LogP contribution in [0.25, 0.3) is 5.70 Å². The molecule has 1 saturated heterocycles. The van der Waals surface area contributed by atoms with E-state index in [9.17, 15) is 9.90 Å². The standard InChI is InChI=1S/C22H25ClN4O3/c23-17-10-13(22(29)30)7-8-15(17)14-4-3-9-27(12-14)19(21(25)26)11-18(24)16-5-1-2-6-20(16)28/h1-2,5-8,10-11,14,28H,3-4,9,12,24-26H2,(H,29,30)/b18-11-. The lowest BCUT2D eigenvalue weighted by atomic mass is 9.89. The van der Waals surface area contributed by atoms with Gasteiger partial charge in [0.1, 0.15) is 11.6 Å². The molecule has 8 N–H and O–H groups in total. The second-order valence-corrected chi connectivity index (χ2v) is 7.69. The molecule has 1 aliphatic heterocycles. The SMILES string of the molecule is NC(N)=C(/C=C(\N)c1ccccc1O)N1CCCC(c2ccc(C(=O)O)cc2Cl)C1. The number of phenolic OH excluding ortho intramolecular Hbond substituents is 1. The lowest BCUT2D eigenvalue weighted by Gasteiger charge is -2.36. The fourth-order valence-corrected chi connectivity index (χ4v) is 4.08. The van der Waals surface area contributed by atoms with Crippen molar-refractivity contribution in [2.75, 3.05) is 13.1 Å². The number of allylic oxidation sites excluding steroid dienone is 1. The molecule has 1 heterocycles. The maximum absolute atomic E-state index is 11.2. The summed E-state index contributed by atoms with van der Waals surface area (Å²) in [5.74, 6) is -0.729. The van der Waals surface area contributed by atoms with E-state index in [1.54, 1.807) is 42.5 Å². The first-order valence-electron chi connectivity index (χ1n) is 9.56. The molecule has 2 aromatic rings. The zero-order valence-corrected chi connectivity index (χ0v) is 17.1. The molecule has 3 rings (SSSR count). The minimum atomic E-state index is -1.01. The molecule has 0 aliphatic carbocycles.